The molecule has 166 valence electrons. The summed E-state index contributed by atoms with van der Waals surface area (Å²) in [6.07, 6.45) is 5.77. The summed E-state index contributed by atoms with van der Waals surface area (Å²) in [6.45, 7) is 11.5. The summed E-state index contributed by atoms with van der Waals surface area (Å²) in [5.41, 5.74) is 3.89. The van der Waals surface area contributed by atoms with Gasteiger partial charge in [0.05, 0.1) is 5.69 Å². The first kappa shape index (κ1) is 24.4. The van der Waals surface area contributed by atoms with E-state index in [0.717, 1.165) is 50.7 Å². The molecule has 1 atom stereocenters. The summed E-state index contributed by atoms with van der Waals surface area (Å²) in [5, 5.41) is 11.7. The number of aliphatic imine (C=N–C) groups is 1. The van der Waals surface area contributed by atoms with Crippen LogP contribution >= 0.6 is 24.0 Å². The van der Waals surface area contributed by atoms with Crippen molar-refractivity contribution in [2.45, 2.75) is 64.5 Å². The van der Waals surface area contributed by atoms with Crippen LogP contribution in [0.5, 0.6) is 0 Å². The minimum Gasteiger partial charge on any atom is -0.381 e. The van der Waals surface area contributed by atoms with Gasteiger partial charge in [-0.25, -0.2) is 0 Å². The summed E-state index contributed by atoms with van der Waals surface area (Å²) in [4.78, 5) is 7.17. The topological polar surface area (TPSA) is 66.7 Å². The second kappa shape index (κ2) is 10.9. The van der Waals surface area contributed by atoms with E-state index in [0.29, 0.717) is 0 Å². The molecule has 1 aromatic rings. The van der Waals surface area contributed by atoms with Gasteiger partial charge in [-0.05, 0) is 71.5 Å². The molecule has 3 rings (SSSR count). The lowest BCUT2D eigenvalue weighted by molar-refractivity contribution is -0.0164. The Bertz CT molecular complexity index is 677. The lowest BCUT2D eigenvalue weighted by Gasteiger charge is -2.45. The van der Waals surface area contributed by atoms with E-state index in [9.17, 15) is 0 Å². The Hall–Kier alpha value is -0.870. The number of rotatable bonds is 6. The summed E-state index contributed by atoms with van der Waals surface area (Å²) < 4.78 is 7.63. The van der Waals surface area contributed by atoms with Crippen LogP contribution in [0.4, 0.5) is 0 Å². The highest BCUT2D eigenvalue weighted by Gasteiger charge is 2.39. The van der Waals surface area contributed by atoms with Gasteiger partial charge in [-0.3, -0.25) is 14.6 Å². The zero-order valence-electron chi connectivity index (χ0n) is 18.8. The third kappa shape index (κ3) is 5.85. The molecular weight excluding hydrogens is 479 g/mol. The number of aryl methyl sites for hydroxylation is 2. The third-order valence-electron chi connectivity index (χ3n) is 6.56. The average Bonchev–Trinajstić information content (AvgIpc) is 3.31. The molecule has 2 aliphatic heterocycles. The smallest absolute Gasteiger partial charge is 0.191 e. The van der Waals surface area contributed by atoms with Crippen LogP contribution < -0.4 is 10.6 Å². The van der Waals surface area contributed by atoms with Gasteiger partial charge in [-0.15, -0.1) is 24.0 Å². The summed E-state index contributed by atoms with van der Waals surface area (Å²) in [7, 11) is 3.87. The first-order valence-electron chi connectivity index (χ1n) is 10.7. The van der Waals surface area contributed by atoms with Crippen molar-refractivity contribution in [1.29, 1.82) is 0 Å². The molecule has 0 bridgehead atoms. The number of aromatic nitrogens is 2. The van der Waals surface area contributed by atoms with Crippen molar-refractivity contribution in [3.8, 4) is 0 Å². The van der Waals surface area contributed by atoms with Gasteiger partial charge in [0.25, 0.3) is 0 Å². The fraction of sp³-hybridized carbons (Fsp3) is 0.810. The van der Waals surface area contributed by atoms with E-state index in [-0.39, 0.29) is 35.6 Å². The van der Waals surface area contributed by atoms with Gasteiger partial charge in [-0.1, -0.05) is 0 Å². The summed E-state index contributed by atoms with van der Waals surface area (Å²) in [6, 6.07) is 0.283. The first-order valence-corrected chi connectivity index (χ1v) is 10.7. The third-order valence-corrected chi connectivity index (χ3v) is 6.56. The van der Waals surface area contributed by atoms with Gasteiger partial charge in [-0.2, -0.15) is 5.10 Å². The van der Waals surface area contributed by atoms with E-state index < -0.39 is 0 Å². The molecule has 2 N–H and O–H groups in total. The predicted molar refractivity (Wildman–Crippen MR) is 129 cm³/mol. The normalized spacial score (nSPS) is 20.9. The van der Waals surface area contributed by atoms with Crippen molar-refractivity contribution in [3.05, 3.63) is 17.0 Å². The van der Waals surface area contributed by atoms with Crippen LogP contribution in [-0.4, -0.2) is 72.1 Å². The Balaban J connectivity index is 0.00000300. The number of guanidine groups is 1. The molecule has 29 heavy (non-hydrogen) atoms. The molecule has 0 spiro atoms. The van der Waals surface area contributed by atoms with Gasteiger partial charge >= 0.3 is 0 Å². The van der Waals surface area contributed by atoms with E-state index in [1.54, 1.807) is 0 Å². The zero-order valence-corrected chi connectivity index (χ0v) is 21.1. The van der Waals surface area contributed by atoms with Crippen LogP contribution in [0.15, 0.2) is 4.99 Å². The highest BCUT2D eigenvalue weighted by Crippen LogP contribution is 2.30. The second-order valence-corrected chi connectivity index (χ2v) is 8.48. The quantitative estimate of drug-likeness (QED) is 0.344. The van der Waals surface area contributed by atoms with E-state index >= 15 is 0 Å². The number of hydrogen-bond donors (Lipinski definition) is 2. The van der Waals surface area contributed by atoms with Crippen molar-refractivity contribution in [2.24, 2.45) is 12.0 Å². The maximum absolute atomic E-state index is 5.66. The number of nitrogens with one attached hydrogen (secondary N) is 2. The molecule has 7 nitrogen and oxygen atoms in total. The van der Waals surface area contributed by atoms with Crippen LogP contribution in [-0.2, 0) is 18.2 Å². The monoisotopic (exact) mass is 518 g/mol. The Morgan fingerprint density at radius 2 is 1.90 bits per heavy atom. The van der Waals surface area contributed by atoms with Gasteiger partial charge in [0, 0.05) is 51.1 Å². The van der Waals surface area contributed by atoms with Gasteiger partial charge in [0.15, 0.2) is 5.96 Å². The van der Waals surface area contributed by atoms with Crippen LogP contribution in [0.2, 0.25) is 0 Å². The maximum atomic E-state index is 5.66. The average molecular weight is 518 g/mol. The van der Waals surface area contributed by atoms with Crippen molar-refractivity contribution in [1.82, 2.24) is 25.3 Å². The SMILES string of the molecule is CN=C(NCC1(N2CCCC2)CCOCC1)NC(C)Cc1c(C)nn(C)c1C.I. The zero-order chi connectivity index (χ0) is 20.1. The Labute approximate surface area is 193 Å². The number of ether oxygens (including phenoxy) is 1. The first-order chi connectivity index (χ1) is 13.4. The Morgan fingerprint density at radius 1 is 1.24 bits per heavy atom. The fourth-order valence-electron chi connectivity index (χ4n) is 4.69. The maximum Gasteiger partial charge on any atom is 0.191 e. The lowest BCUT2D eigenvalue weighted by atomic mass is 9.88. The minimum absolute atomic E-state index is 0. The summed E-state index contributed by atoms with van der Waals surface area (Å²) in [5.74, 6) is 0.886. The fourth-order valence-corrected chi connectivity index (χ4v) is 4.69. The Morgan fingerprint density at radius 3 is 2.45 bits per heavy atom. The molecule has 0 aromatic carbocycles. The molecular formula is C21H39IN6O. The highest BCUT2D eigenvalue weighted by atomic mass is 127. The number of halogens is 1. The largest absolute Gasteiger partial charge is 0.381 e. The van der Waals surface area contributed by atoms with Crippen LogP contribution in [0.25, 0.3) is 0 Å². The standard InChI is InChI=1S/C21H38N6O.HI/c1-16(14-19-17(2)25-26(5)18(19)3)24-20(22-4)23-15-21(8-12-28-13-9-21)27-10-6-7-11-27;/h16H,6-15H2,1-5H3,(H2,22,23,24);1H. The predicted octanol–water partition coefficient (Wildman–Crippen LogP) is 2.40. The van der Waals surface area contributed by atoms with E-state index in [1.807, 2.05) is 18.8 Å². The minimum atomic E-state index is 0. The van der Waals surface area contributed by atoms with Crippen LogP contribution in [0, 0.1) is 13.8 Å². The molecule has 1 unspecified atom stereocenters. The van der Waals surface area contributed by atoms with Crippen molar-refractivity contribution in [3.63, 3.8) is 0 Å². The summed E-state index contributed by atoms with van der Waals surface area (Å²) >= 11 is 0. The van der Waals surface area contributed by atoms with Gasteiger partial charge < -0.3 is 15.4 Å². The molecule has 0 amide bonds. The van der Waals surface area contributed by atoms with E-state index in [2.05, 4.69) is 46.4 Å². The van der Waals surface area contributed by atoms with E-state index in [4.69, 9.17) is 4.74 Å². The molecule has 2 aliphatic rings. The molecule has 0 saturated carbocycles. The molecule has 8 heteroatoms. The van der Waals surface area contributed by atoms with Crippen molar-refractivity contribution in [2.75, 3.05) is 39.9 Å². The molecule has 0 radical (unpaired) electrons. The number of nitrogens with zero attached hydrogens (tertiary/aromatic N) is 4. The number of likely N-dealkylation sites (tertiary alicyclic amines) is 1. The molecule has 2 saturated heterocycles. The second-order valence-electron chi connectivity index (χ2n) is 8.48. The number of hydrogen-bond acceptors (Lipinski definition) is 4. The van der Waals surface area contributed by atoms with Crippen molar-refractivity contribution < 1.29 is 4.74 Å². The lowest BCUT2D eigenvalue weighted by Crippen LogP contribution is -2.59. The molecule has 2 fully saturated rings. The van der Waals surface area contributed by atoms with Crippen molar-refractivity contribution >= 4 is 29.9 Å². The van der Waals surface area contributed by atoms with E-state index in [1.165, 1.54) is 37.2 Å². The highest BCUT2D eigenvalue weighted by molar-refractivity contribution is 14.0. The Kier molecular flexibility index (Phi) is 9.21. The molecule has 0 aliphatic carbocycles. The van der Waals surface area contributed by atoms with Gasteiger partial charge in [0.1, 0.15) is 0 Å². The van der Waals surface area contributed by atoms with Crippen LogP contribution in [0.1, 0.15) is 49.6 Å². The van der Waals surface area contributed by atoms with Gasteiger partial charge in [0.2, 0.25) is 0 Å². The van der Waals surface area contributed by atoms with Crippen LogP contribution in [0.3, 0.4) is 0 Å². The molecule has 3 heterocycles. The molecule has 1 aromatic heterocycles.